The van der Waals surface area contributed by atoms with Gasteiger partial charge in [0, 0.05) is 43.3 Å². The van der Waals surface area contributed by atoms with Gasteiger partial charge in [-0.1, -0.05) is 0 Å². The van der Waals surface area contributed by atoms with Crippen molar-refractivity contribution in [1.29, 1.82) is 0 Å². The van der Waals surface area contributed by atoms with Crippen molar-refractivity contribution in [3.05, 3.63) is 45.1 Å². The van der Waals surface area contributed by atoms with E-state index < -0.39 is 11.9 Å². The maximum atomic E-state index is 12.8. The molecule has 168 valence electrons. The van der Waals surface area contributed by atoms with E-state index in [1.54, 1.807) is 0 Å². The van der Waals surface area contributed by atoms with Gasteiger partial charge >= 0.3 is 6.03 Å². The predicted molar refractivity (Wildman–Crippen MR) is 122 cm³/mol. The number of anilines is 2. The summed E-state index contributed by atoms with van der Waals surface area (Å²) in [5.41, 5.74) is 3.69. The zero-order valence-corrected chi connectivity index (χ0v) is 19.0. The molecule has 4 rings (SSSR count). The molecular formula is C22H25N5O4S. The van der Waals surface area contributed by atoms with Crippen LogP contribution in [0.25, 0.3) is 0 Å². The molecule has 9 nitrogen and oxygen atoms in total. The lowest BCUT2D eigenvalue weighted by Gasteiger charge is -2.29. The molecule has 1 fully saturated rings. The molecule has 1 aromatic heterocycles. The molecule has 0 radical (unpaired) electrons. The predicted octanol–water partition coefficient (Wildman–Crippen LogP) is 2.21. The molecule has 0 saturated carbocycles. The molecule has 3 heterocycles. The molecule has 2 aromatic rings. The van der Waals surface area contributed by atoms with E-state index in [0.29, 0.717) is 30.1 Å². The zero-order valence-electron chi connectivity index (χ0n) is 18.2. The highest BCUT2D eigenvalue weighted by Gasteiger charge is 2.40. The van der Waals surface area contributed by atoms with Crippen LogP contribution in [0.2, 0.25) is 0 Å². The Balaban J connectivity index is 1.33. The summed E-state index contributed by atoms with van der Waals surface area (Å²) in [7, 11) is 3.94. The Labute approximate surface area is 189 Å². The number of nitrogens with zero attached hydrogens (tertiary/aromatic N) is 2. The van der Waals surface area contributed by atoms with E-state index >= 15 is 0 Å². The normalized spacial score (nSPS) is 17.8. The minimum absolute atomic E-state index is 0.202. The van der Waals surface area contributed by atoms with Crippen LogP contribution in [0.4, 0.5) is 16.2 Å². The van der Waals surface area contributed by atoms with Crippen LogP contribution in [0.1, 0.15) is 38.5 Å². The van der Waals surface area contributed by atoms with Gasteiger partial charge in [0.25, 0.3) is 5.91 Å². The van der Waals surface area contributed by atoms with E-state index in [4.69, 9.17) is 0 Å². The Morgan fingerprint density at radius 1 is 1.25 bits per heavy atom. The van der Waals surface area contributed by atoms with Crippen molar-refractivity contribution in [2.75, 3.05) is 24.3 Å². The number of imide groups is 1. The highest BCUT2D eigenvalue weighted by molar-refractivity contribution is 7.14. The zero-order chi connectivity index (χ0) is 23.0. The average Bonchev–Trinajstić information content (AvgIpc) is 3.25. The molecule has 1 atom stereocenters. The summed E-state index contributed by atoms with van der Waals surface area (Å²) in [5, 5.41) is 7.94. The summed E-state index contributed by atoms with van der Waals surface area (Å²) in [6.07, 6.45) is 0.574. The van der Waals surface area contributed by atoms with Crippen LogP contribution in [-0.2, 0) is 22.7 Å². The fraction of sp³-hybridized carbons (Fsp3) is 0.364. The maximum absolute atomic E-state index is 12.8. The van der Waals surface area contributed by atoms with E-state index in [9.17, 15) is 19.2 Å². The van der Waals surface area contributed by atoms with Crippen molar-refractivity contribution in [2.45, 2.75) is 38.9 Å². The first kappa shape index (κ1) is 21.8. The summed E-state index contributed by atoms with van der Waals surface area (Å²) in [6, 6.07) is 6.66. The number of hydrogen-bond acceptors (Lipinski definition) is 6. The molecule has 1 saturated heterocycles. The minimum atomic E-state index is -0.616. The number of carbonyl (C=O) groups excluding carboxylic acids is 4. The quantitative estimate of drug-likeness (QED) is 0.599. The van der Waals surface area contributed by atoms with E-state index in [2.05, 4.69) is 16.0 Å². The number of fused-ring (bicyclic) bond motifs is 1. The highest BCUT2D eigenvalue weighted by atomic mass is 32.1. The summed E-state index contributed by atoms with van der Waals surface area (Å²) in [6.45, 7) is 2.62. The van der Waals surface area contributed by atoms with Crippen LogP contribution in [0.3, 0.4) is 0 Å². The van der Waals surface area contributed by atoms with Crippen LogP contribution >= 0.6 is 11.3 Å². The topological polar surface area (TPSA) is 111 Å². The SMILES string of the molecule is Cc1cc(NC(=O)NCc2cc3c(s2)C(=O)N(C2CCC(=O)NC2=O)C3)ccc1N(C)C. The molecule has 5 amide bonds. The number of amides is 5. The number of nitrogens with one attached hydrogen (secondary N) is 3. The van der Waals surface area contributed by atoms with Crippen molar-refractivity contribution in [1.82, 2.24) is 15.5 Å². The van der Waals surface area contributed by atoms with Gasteiger partial charge in [-0.3, -0.25) is 19.7 Å². The third kappa shape index (κ3) is 4.31. The molecule has 2 aliphatic rings. The van der Waals surface area contributed by atoms with Gasteiger partial charge in [-0.2, -0.15) is 0 Å². The fourth-order valence-corrected chi connectivity index (χ4v) is 5.13. The second-order valence-electron chi connectivity index (χ2n) is 8.17. The van der Waals surface area contributed by atoms with Crippen LogP contribution < -0.4 is 20.9 Å². The van der Waals surface area contributed by atoms with E-state index in [1.807, 2.05) is 50.2 Å². The van der Waals surface area contributed by atoms with Crippen molar-refractivity contribution >= 4 is 46.5 Å². The number of benzene rings is 1. The van der Waals surface area contributed by atoms with Gasteiger partial charge in [0.15, 0.2) is 0 Å². The smallest absolute Gasteiger partial charge is 0.319 e. The second kappa shape index (κ2) is 8.62. The maximum Gasteiger partial charge on any atom is 0.319 e. The number of thiophene rings is 1. The van der Waals surface area contributed by atoms with Gasteiger partial charge < -0.3 is 20.4 Å². The highest BCUT2D eigenvalue weighted by Crippen LogP contribution is 2.33. The van der Waals surface area contributed by atoms with Gasteiger partial charge in [-0.05, 0) is 48.7 Å². The lowest BCUT2D eigenvalue weighted by Crippen LogP contribution is -2.52. The molecular weight excluding hydrogens is 430 g/mol. The van der Waals surface area contributed by atoms with Crippen LogP contribution in [0.5, 0.6) is 0 Å². The first-order valence-corrected chi connectivity index (χ1v) is 11.1. The summed E-state index contributed by atoms with van der Waals surface area (Å²) >= 11 is 1.32. The average molecular weight is 456 g/mol. The monoisotopic (exact) mass is 455 g/mol. The van der Waals surface area contributed by atoms with Crippen molar-refractivity contribution < 1.29 is 19.2 Å². The Bertz CT molecular complexity index is 1110. The minimum Gasteiger partial charge on any atom is -0.377 e. The molecule has 32 heavy (non-hydrogen) atoms. The van der Waals surface area contributed by atoms with Crippen LogP contribution in [0.15, 0.2) is 24.3 Å². The third-order valence-corrected chi connectivity index (χ3v) is 6.77. The number of rotatable bonds is 5. The molecule has 1 aromatic carbocycles. The third-order valence-electron chi connectivity index (χ3n) is 5.60. The second-order valence-corrected chi connectivity index (χ2v) is 9.31. The Morgan fingerprint density at radius 3 is 2.69 bits per heavy atom. The molecule has 0 bridgehead atoms. The number of piperidine rings is 1. The van der Waals surface area contributed by atoms with Gasteiger partial charge in [-0.15, -0.1) is 11.3 Å². The first-order chi connectivity index (χ1) is 15.2. The van der Waals surface area contributed by atoms with Crippen LogP contribution in [0, 0.1) is 6.92 Å². The number of aryl methyl sites for hydroxylation is 1. The van der Waals surface area contributed by atoms with Gasteiger partial charge in [0.2, 0.25) is 11.8 Å². The lowest BCUT2D eigenvalue weighted by atomic mass is 10.0. The number of carbonyl (C=O) groups is 4. The standard InChI is InChI=1S/C22H25N5O4S/c1-12-8-14(4-5-16(12)26(2)3)24-22(31)23-10-15-9-13-11-27(21(30)19(13)32-15)17-6-7-18(28)25-20(17)29/h4-5,8-9,17H,6-7,10-11H2,1-3H3,(H2,23,24,31)(H,25,28,29). The molecule has 1 unspecified atom stereocenters. The van der Waals surface area contributed by atoms with Crippen LogP contribution in [-0.4, -0.2) is 48.8 Å². The first-order valence-electron chi connectivity index (χ1n) is 10.3. The Morgan fingerprint density at radius 2 is 2.03 bits per heavy atom. The number of hydrogen-bond donors (Lipinski definition) is 3. The Hall–Kier alpha value is -3.40. The van der Waals surface area contributed by atoms with Crippen molar-refractivity contribution in [3.63, 3.8) is 0 Å². The lowest BCUT2D eigenvalue weighted by molar-refractivity contribution is -0.136. The molecule has 10 heteroatoms. The van der Waals surface area contributed by atoms with Crippen molar-refractivity contribution in [3.8, 4) is 0 Å². The van der Waals surface area contributed by atoms with E-state index in [-0.39, 0.29) is 24.3 Å². The largest absolute Gasteiger partial charge is 0.377 e. The molecule has 3 N–H and O–H groups in total. The van der Waals surface area contributed by atoms with E-state index in [0.717, 1.165) is 21.7 Å². The number of urea groups is 1. The summed E-state index contributed by atoms with van der Waals surface area (Å²) in [4.78, 5) is 53.5. The molecule has 0 spiro atoms. The van der Waals surface area contributed by atoms with Gasteiger partial charge in [0.1, 0.15) is 6.04 Å². The van der Waals surface area contributed by atoms with Gasteiger partial charge in [0.05, 0.1) is 11.4 Å². The summed E-state index contributed by atoms with van der Waals surface area (Å²) in [5.74, 6) is -0.924. The molecule has 2 aliphatic heterocycles. The molecule has 0 aliphatic carbocycles. The Kier molecular flexibility index (Phi) is 5.88. The van der Waals surface area contributed by atoms with Crippen molar-refractivity contribution in [2.24, 2.45) is 0 Å². The van der Waals surface area contributed by atoms with E-state index in [1.165, 1.54) is 16.2 Å². The fourth-order valence-electron chi connectivity index (χ4n) is 4.07. The summed E-state index contributed by atoms with van der Waals surface area (Å²) < 4.78 is 0. The van der Waals surface area contributed by atoms with Gasteiger partial charge in [-0.25, -0.2) is 4.79 Å².